The van der Waals surface area contributed by atoms with Gasteiger partial charge in [0.25, 0.3) is 5.91 Å². The minimum absolute atomic E-state index is 0.293. The predicted octanol–water partition coefficient (Wildman–Crippen LogP) is 3.62. The molecule has 0 saturated heterocycles. The Morgan fingerprint density at radius 1 is 1.12 bits per heavy atom. The summed E-state index contributed by atoms with van der Waals surface area (Å²) < 4.78 is 18.3. The van der Waals surface area contributed by atoms with Crippen LogP contribution in [-0.4, -0.2) is 25.6 Å². The number of amides is 3. The van der Waals surface area contributed by atoms with Crippen molar-refractivity contribution < 1.29 is 18.7 Å². The molecule has 132 valence electrons. The molecule has 0 heterocycles. The Hall–Kier alpha value is -3.09. The van der Waals surface area contributed by atoms with Crippen LogP contribution in [0.4, 0.5) is 20.6 Å². The molecule has 0 radical (unpaired) electrons. The summed E-state index contributed by atoms with van der Waals surface area (Å²) in [5.41, 5.74) is 0.905. The molecule has 0 saturated carbocycles. The molecule has 0 aliphatic rings. The van der Waals surface area contributed by atoms with Crippen LogP contribution in [-0.2, 0) is 0 Å². The average Bonchev–Trinajstić information content (AvgIpc) is 2.59. The highest BCUT2D eigenvalue weighted by molar-refractivity contribution is 6.06. The summed E-state index contributed by atoms with van der Waals surface area (Å²) in [6.45, 7) is 2.47. The van der Waals surface area contributed by atoms with Crippen molar-refractivity contribution in [3.05, 3.63) is 53.8 Å². The Bertz CT molecular complexity index is 765. The number of benzene rings is 2. The van der Waals surface area contributed by atoms with E-state index in [4.69, 9.17) is 4.74 Å². The number of anilines is 2. The first kappa shape index (κ1) is 18.3. The summed E-state index contributed by atoms with van der Waals surface area (Å²) in [5.74, 6) is -0.266. The monoisotopic (exact) mass is 345 g/mol. The van der Waals surface area contributed by atoms with E-state index in [1.165, 1.54) is 25.3 Å². The molecule has 2 aromatic rings. The van der Waals surface area contributed by atoms with E-state index in [1.54, 1.807) is 24.3 Å². The Morgan fingerprint density at radius 2 is 1.92 bits per heavy atom. The van der Waals surface area contributed by atoms with E-state index in [2.05, 4.69) is 16.0 Å². The second-order valence-electron chi connectivity index (χ2n) is 5.26. The molecule has 25 heavy (non-hydrogen) atoms. The molecule has 3 amide bonds. The van der Waals surface area contributed by atoms with Crippen LogP contribution in [0.2, 0.25) is 0 Å². The van der Waals surface area contributed by atoms with Gasteiger partial charge in [-0.15, -0.1) is 0 Å². The Morgan fingerprint density at radius 3 is 2.60 bits per heavy atom. The van der Waals surface area contributed by atoms with Crippen molar-refractivity contribution in [3.63, 3.8) is 0 Å². The lowest BCUT2D eigenvalue weighted by Crippen LogP contribution is -2.27. The molecule has 0 aliphatic heterocycles. The van der Waals surface area contributed by atoms with Crippen molar-refractivity contribution >= 4 is 23.3 Å². The summed E-state index contributed by atoms with van der Waals surface area (Å²) in [4.78, 5) is 24.4. The molecule has 0 fully saturated rings. The van der Waals surface area contributed by atoms with Crippen LogP contribution in [0.25, 0.3) is 0 Å². The molecule has 3 N–H and O–H groups in total. The van der Waals surface area contributed by atoms with E-state index in [-0.39, 0.29) is 5.91 Å². The molecule has 0 atom stereocenters. The maximum absolute atomic E-state index is 13.2. The van der Waals surface area contributed by atoms with E-state index in [1.807, 2.05) is 6.92 Å². The van der Waals surface area contributed by atoms with Crippen molar-refractivity contribution in [1.82, 2.24) is 5.32 Å². The summed E-state index contributed by atoms with van der Waals surface area (Å²) in [6.07, 6.45) is 0.796. The van der Waals surface area contributed by atoms with Crippen LogP contribution in [0, 0.1) is 5.82 Å². The van der Waals surface area contributed by atoms with Crippen LogP contribution >= 0.6 is 0 Å². The van der Waals surface area contributed by atoms with E-state index in [0.29, 0.717) is 29.2 Å². The molecule has 0 bridgehead atoms. The van der Waals surface area contributed by atoms with Gasteiger partial charge in [-0.25, -0.2) is 9.18 Å². The molecule has 0 spiro atoms. The smallest absolute Gasteiger partial charge is 0.323 e. The normalized spacial score (nSPS) is 10.0. The lowest BCUT2D eigenvalue weighted by Gasteiger charge is -2.13. The number of urea groups is 1. The second-order valence-corrected chi connectivity index (χ2v) is 5.26. The van der Waals surface area contributed by atoms with Crippen molar-refractivity contribution in [1.29, 1.82) is 0 Å². The zero-order valence-corrected chi connectivity index (χ0v) is 14.1. The Kier molecular flexibility index (Phi) is 6.33. The van der Waals surface area contributed by atoms with Gasteiger partial charge in [-0.1, -0.05) is 13.0 Å². The lowest BCUT2D eigenvalue weighted by atomic mass is 10.1. The highest BCUT2D eigenvalue weighted by atomic mass is 19.1. The SMILES string of the molecule is CCCNC(=O)c1ccc(OC)cc1NC(=O)Nc1cccc(F)c1. The molecule has 0 unspecified atom stereocenters. The summed E-state index contributed by atoms with van der Waals surface area (Å²) in [5, 5.41) is 7.87. The van der Waals surface area contributed by atoms with E-state index in [9.17, 15) is 14.0 Å². The van der Waals surface area contributed by atoms with Gasteiger partial charge in [0.2, 0.25) is 0 Å². The first-order valence-electron chi connectivity index (χ1n) is 7.83. The number of hydrogen-bond donors (Lipinski definition) is 3. The van der Waals surface area contributed by atoms with Gasteiger partial charge >= 0.3 is 6.03 Å². The molecule has 2 aromatic carbocycles. The minimum Gasteiger partial charge on any atom is -0.497 e. The summed E-state index contributed by atoms with van der Waals surface area (Å²) in [7, 11) is 1.49. The third kappa shape index (κ3) is 5.20. The van der Waals surface area contributed by atoms with E-state index in [0.717, 1.165) is 6.42 Å². The molecule has 7 heteroatoms. The number of carbonyl (C=O) groups is 2. The first-order valence-corrected chi connectivity index (χ1v) is 7.83. The number of carbonyl (C=O) groups excluding carboxylic acids is 2. The molecule has 0 aliphatic carbocycles. The van der Waals surface area contributed by atoms with Gasteiger partial charge in [-0.3, -0.25) is 4.79 Å². The Balaban J connectivity index is 2.18. The fourth-order valence-corrected chi connectivity index (χ4v) is 2.14. The van der Waals surface area contributed by atoms with Gasteiger partial charge in [0.05, 0.1) is 18.4 Å². The van der Waals surface area contributed by atoms with Crippen LogP contribution in [0.3, 0.4) is 0 Å². The van der Waals surface area contributed by atoms with Gasteiger partial charge in [0.15, 0.2) is 0 Å². The van der Waals surface area contributed by atoms with Crippen LogP contribution in [0.15, 0.2) is 42.5 Å². The molecule has 2 rings (SSSR count). The topological polar surface area (TPSA) is 79.5 Å². The number of halogens is 1. The van der Waals surface area contributed by atoms with Crippen LogP contribution in [0.1, 0.15) is 23.7 Å². The van der Waals surface area contributed by atoms with Gasteiger partial charge < -0.3 is 20.7 Å². The van der Waals surface area contributed by atoms with Crippen molar-refractivity contribution in [3.8, 4) is 5.75 Å². The van der Waals surface area contributed by atoms with E-state index >= 15 is 0 Å². The fraction of sp³-hybridized carbons (Fsp3) is 0.222. The van der Waals surface area contributed by atoms with Crippen molar-refractivity contribution in [2.75, 3.05) is 24.3 Å². The third-order valence-corrected chi connectivity index (χ3v) is 3.34. The van der Waals surface area contributed by atoms with Crippen LogP contribution in [0.5, 0.6) is 5.75 Å². The van der Waals surface area contributed by atoms with Crippen molar-refractivity contribution in [2.24, 2.45) is 0 Å². The van der Waals surface area contributed by atoms with Crippen LogP contribution < -0.4 is 20.7 Å². The second kappa shape index (κ2) is 8.68. The minimum atomic E-state index is -0.594. The molecule has 0 aromatic heterocycles. The quantitative estimate of drug-likeness (QED) is 0.748. The number of nitrogens with one attached hydrogen (secondary N) is 3. The third-order valence-electron chi connectivity index (χ3n) is 3.34. The standard InChI is InChI=1S/C18H20FN3O3/c1-3-9-20-17(23)15-8-7-14(25-2)11-16(15)22-18(24)21-13-6-4-5-12(19)10-13/h4-8,10-11H,3,9H2,1-2H3,(H,20,23)(H2,21,22,24). The summed E-state index contributed by atoms with van der Waals surface area (Å²) >= 11 is 0. The van der Waals surface area contributed by atoms with E-state index < -0.39 is 11.8 Å². The predicted molar refractivity (Wildman–Crippen MR) is 94.7 cm³/mol. The summed E-state index contributed by atoms with van der Waals surface area (Å²) in [6, 6.07) is 9.68. The number of methoxy groups -OCH3 is 1. The fourth-order valence-electron chi connectivity index (χ4n) is 2.14. The molecular weight excluding hydrogens is 325 g/mol. The van der Waals surface area contributed by atoms with Crippen molar-refractivity contribution in [2.45, 2.75) is 13.3 Å². The Labute approximate surface area is 145 Å². The maximum Gasteiger partial charge on any atom is 0.323 e. The number of ether oxygens (including phenoxy) is 1. The maximum atomic E-state index is 13.2. The average molecular weight is 345 g/mol. The highest BCUT2D eigenvalue weighted by Crippen LogP contribution is 2.23. The highest BCUT2D eigenvalue weighted by Gasteiger charge is 2.14. The zero-order chi connectivity index (χ0) is 18.2. The molecular formula is C18H20FN3O3. The lowest BCUT2D eigenvalue weighted by molar-refractivity contribution is 0.0954. The van der Waals surface area contributed by atoms with Gasteiger partial charge in [0.1, 0.15) is 11.6 Å². The number of rotatable bonds is 6. The zero-order valence-electron chi connectivity index (χ0n) is 14.1. The van der Waals surface area contributed by atoms with Gasteiger partial charge in [0, 0.05) is 18.3 Å². The number of hydrogen-bond acceptors (Lipinski definition) is 3. The van der Waals surface area contributed by atoms with Gasteiger partial charge in [-0.05, 0) is 36.8 Å². The first-order chi connectivity index (χ1) is 12.0. The molecule has 6 nitrogen and oxygen atoms in total. The van der Waals surface area contributed by atoms with Gasteiger partial charge in [-0.2, -0.15) is 0 Å². The largest absolute Gasteiger partial charge is 0.497 e.